The molecular formula is C15H19N3O2. The molecule has 5 heteroatoms. The molecule has 0 saturated carbocycles. The second kappa shape index (κ2) is 5.63. The third-order valence-electron chi connectivity index (χ3n) is 3.74. The van der Waals surface area contributed by atoms with Crippen molar-refractivity contribution in [1.82, 2.24) is 9.97 Å². The van der Waals surface area contributed by atoms with Gasteiger partial charge in [0.1, 0.15) is 0 Å². The molecule has 0 unspecified atom stereocenters. The number of fused-ring (bicyclic) bond motifs is 1. The van der Waals surface area contributed by atoms with Crippen molar-refractivity contribution < 1.29 is 4.74 Å². The van der Waals surface area contributed by atoms with E-state index in [1.165, 1.54) is 0 Å². The fourth-order valence-electron chi connectivity index (χ4n) is 2.67. The van der Waals surface area contributed by atoms with Gasteiger partial charge in [0, 0.05) is 25.6 Å². The van der Waals surface area contributed by atoms with Crippen molar-refractivity contribution in [1.29, 1.82) is 0 Å². The minimum absolute atomic E-state index is 0.0705. The Bertz CT molecular complexity index is 653. The summed E-state index contributed by atoms with van der Waals surface area (Å²) in [6, 6.07) is 7.43. The van der Waals surface area contributed by atoms with E-state index < -0.39 is 0 Å². The van der Waals surface area contributed by atoms with Crippen LogP contribution in [0.15, 0.2) is 29.1 Å². The number of benzene rings is 1. The van der Waals surface area contributed by atoms with E-state index in [-0.39, 0.29) is 5.56 Å². The molecule has 1 aromatic carbocycles. The second-order valence-electron chi connectivity index (χ2n) is 5.17. The Balaban J connectivity index is 1.83. The zero-order chi connectivity index (χ0) is 13.9. The van der Waals surface area contributed by atoms with Gasteiger partial charge in [0.05, 0.1) is 17.5 Å². The molecule has 1 fully saturated rings. The molecule has 0 spiro atoms. The number of para-hydroxylation sites is 1. The molecule has 20 heavy (non-hydrogen) atoms. The Morgan fingerprint density at radius 3 is 3.15 bits per heavy atom. The Labute approximate surface area is 117 Å². The molecule has 1 saturated heterocycles. The summed E-state index contributed by atoms with van der Waals surface area (Å²) in [5.41, 5.74) is 0.679. The number of anilines is 1. The Morgan fingerprint density at radius 1 is 1.45 bits per heavy atom. The van der Waals surface area contributed by atoms with Crippen molar-refractivity contribution in [3.8, 4) is 0 Å². The van der Waals surface area contributed by atoms with Gasteiger partial charge in [-0.2, -0.15) is 0 Å². The van der Waals surface area contributed by atoms with E-state index in [1.54, 1.807) is 6.07 Å². The normalized spacial score (nSPS) is 18.9. The van der Waals surface area contributed by atoms with Crippen LogP contribution in [0.5, 0.6) is 0 Å². The van der Waals surface area contributed by atoms with Crippen molar-refractivity contribution in [3.63, 3.8) is 0 Å². The fraction of sp³-hybridized carbons (Fsp3) is 0.467. The first-order valence-electron chi connectivity index (χ1n) is 7.09. The number of rotatable bonds is 4. The highest BCUT2D eigenvalue weighted by atomic mass is 16.5. The SMILES string of the molecule is CCOC[C@@H]1CCN(c2nc3ccccc3c(=O)[nH]2)C1. The van der Waals surface area contributed by atoms with E-state index in [0.717, 1.165) is 38.2 Å². The number of aromatic nitrogens is 2. The number of aromatic amines is 1. The van der Waals surface area contributed by atoms with Gasteiger partial charge in [-0.3, -0.25) is 9.78 Å². The molecule has 2 aromatic rings. The van der Waals surface area contributed by atoms with Gasteiger partial charge in [-0.25, -0.2) is 4.98 Å². The molecule has 1 atom stereocenters. The highest BCUT2D eigenvalue weighted by Crippen LogP contribution is 2.21. The molecule has 1 N–H and O–H groups in total. The Morgan fingerprint density at radius 2 is 2.30 bits per heavy atom. The zero-order valence-electron chi connectivity index (χ0n) is 11.6. The summed E-state index contributed by atoms with van der Waals surface area (Å²) < 4.78 is 5.48. The van der Waals surface area contributed by atoms with E-state index in [9.17, 15) is 4.79 Å². The maximum absolute atomic E-state index is 12.1. The van der Waals surface area contributed by atoms with Crippen LogP contribution in [0.2, 0.25) is 0 Å². The highest BCUT2D eigenvalue weighted by Gasteiger charge is 2.24. The quantitative estimate of drug-likeness (QED) is 0.922. The third-order valence-corrected chi connectivity index (χ3v) is 3.74. The topological polar surface area (TPSA) is 58.2 Å². The minimum atomic E-state index is -0.0705. The molecule has 3 rings (SSSR count). The first-order valence-corrected chi connectivity index (χ1v) is 7.09. The molecule has 1 aliphatic heterocycles. The molecule has 0 aliphatic carbocycles. The van der Waals surface area contributed by atoms with Gasteiger partial charge >= 0.3 is 0 Å². The van der Waals surface area contributed by atoms with Crippen LogP contribution in [0.4, 0.5) is 5.95 Å². The molecule has 0 bridgehead atoms. The van der Waals surface area contributed by atoms with Crippen LogP contribution in [-0.2, 0) is 4.74 Å². The van der Waals surface area contributed by atoms with Crippen molar-refractivity contribution in [3.05, 3.63) is 34.6 Å². The number of hydrogen-bond donors (Lipinski definition) is 1. The highest BCUT2D eigenvalue weighted by molar-refractivity contribution is 5.78. The Hall–Kier alpha value is -1.88. The lowest BCUT2D eigenvalue weighted by Gasteiger charge is -2.17. The van der Waals surface area contributed by atoms with Gasteiger partial charge in [-0.15, -0.1) is 0 Å². The largest absolute Gasteiger partial charge is 0.381 e. The summed E-state index contributed by atoms with van der Waals surface area (Å²) in [4.78, 5) is 21.6. The molecule has 1 aromatic heterocycles. The van der Waals surface area contributed by atoms with Crippen LogP contribution in [0.3, 0.4) is 0 Å². The van der Waals surface area contributed by atoms with Crippen molar-refractivity contribution in [2.45, 2.75) is 13.3 Å². The maximum Gasteiger partial charge on any atom is 0.260 e. The van der Waals surface area contributed by atoms with E-state index in [0.29, 0.717) is 17.3 Å². The average Bonchev–Trinajstić information content (AvgIpc) is 2.94. The first-order chi connectivity index (χ1) is 9.78. The van der Waals surface area contributed by atoms with E-state index >= 15 is 0 Å². The summed E-state index contributed by atoms with van der Waals surface area (Å²) in [6.45, 7) is 5.35. The number of H-pyrrole nitrogens is 1. The van der Waals surface area contributed by atoms with Gasteiger partial charge in [0.25, 0.3) is 5.56 Å². The second-order valence-corrected chi connectivity index (χ2v) is 5.17. The molecular weight excluding hydrogens is 254 g/mol. The minimum Gasteiger partial charge on any atom is -0.381 e. The fourth-order valence-corrected chi connectivity index (χ4v) is 2.67. The van der Waals surface area contributed by atoms with Gasteiger partial charge in [0.2, 0.25) is 5.95 Å². The lowest BCUT2D eigenvalue weighted by atomic mass is 10.1. The monoisotopic (exact) mass is 273 g/mol. The number of hydrogen-bond acceptors (Lipinski definition) is 4. The lowest BCUT2D eigenvalue weighted by Crippen LogP contribution is -2.26. The number of nitrogens with zero attached hydrogens (tertiary/aromatic N) is 2. The molecule has 1 aliphatic rings. The molecule has 0 amide bonds. The standard InChI is InChI=1S/C15H19N3O2/c1-2-20-10-11-7-8-18(9-11)15-16-13-6-4-3-5-12(13)14(19)17-15/h3-6,11H,2,7-10H2,1H3,(H,16,17,19)/t11-/m1/s1. The van der Waals surface area contributed by atoms with Crippen molar-refractivity contribution in [2.75, 3.05) is 31.2 Å². The van der Waals surface area contributed by atoms with Gasteiger partial charge in [-0.1, -0.05) is 12.1 Å². The van der Waals surface area contributed by atoms with E-state index in [1.807, 2.05) is 25.1 Å². The third kappa shape index (κ3) is 2.54. The molecule has 106 valence electrons. The first kappa shape index (κ1) is 13.1. The summed E-state index contributed by atoms with van der Waals surface area (Å²) in [6.07, 6.45) is 1.08. The average molecular weight is 273 g/mol. The lowest BCUT2D eigenvalue weighted by molar-refractivity contribution is 0.117. The summed E-state index contributed by atoms with van der Waals surface area (Å²) in [7, 11) is 0. The van der Waals surface area contributed by atoms with Crippen LogP contribution in [0.25, 0.3) is 10.9 Å². The van der Waals surface area contributed by atoms with Crippen LogP contribution >= 0.6 is 0 Å². The van der Waals surface area contributed by atoms with Gasteiger partial charge in [0.15, 0.2) is 0 Å². The van der Waals surface area contributed by atoms with Crippen molar-refractivity contribution in [2.24, 2.45) is 5.92 Å². The predicted octanol–water partition coefficient (Wildman–Crippen LogP) is 1.79. The summed E-state index contributed by atoms with van der Waals surface area (Å²) in [5, 5.41) is 0.640. The van der Waals surface area contributed by atoms with Crippen molar-refractivity contribution >= 4 is 16.9 Å². The van der Waals surface area contributed by atoms with E-state index in [2.05, 4.69) is 14.9 Å². The van der Waals surface area contributed by atoms with Crippen LogP contribution in [0, 0.1) is 5.92 Å². The molecule has 5 nitrogen and oxygen atoms in total. The van der Waals surface area contributed by atoms with Crippen LogP contribution in [0.1, 0.15) is 13.3 Å². The zero-order valence-corrected chi connectivity index (χ0v) is 11.6. The number of ether oxygens (including phenoxy) is 1. The maximum atomic E-state index is 12.1. The smallest absolute Gasteiger partial charge is 0.260 e. The van der Waals surface area contributed by atoms with Gasteiger partial charge < -0.3 is 9.64 Å². The molecule has 2 heterocycles. The van der Waals surface area contributed by atoms with Crippen LogP contribution < -0.4 is 10.5 Å². The summed E-state index contributed by atoms with van der Waals surface area (Å²) >= 11 is 0. The van der Waals surface area contributed by atoms with E-state index in [4.69, 9.17) is 4.74 Å². The van der Waals surface area contributed by atoms with Gasteiger partial charge in [-0.05, 0) is 25.5 Å². The predicted molar refractivity (Wildman–Crippen MR) is 79.2 cm³/mol. The van der Waals surface area contributed by atoms with Crippen LogP contribution in [-0.4, -0.2) is 36.3 Å². The summed E-state index contributed by atoms with van der Waals surface area (Å²) in [5.74, 6) is 1.19. The Kier molecular flexibility index (Phi) is 3.69. The number of nitrogens with one attached hydrogen (secondary N) is 1. The molecule has 0 radical (unpaired) electrons.